The Bertz CT molecular complexity index is 1080. The molecule has 32 heavy (non-hydrogen) atoms. The van der Waals surface area contributed by atoms with Gasteiger partial charge in [-0.3, -0.25) is 9.30 Å². The number of benzene rings is 1. The van der Waals surface area contributed by atoms with Gasteiger partial charge in [-0.1, -0.05) is 19.4 Å². The van der Waals surface area contributed by atoms with Gasteiger partial charge in [0.25, 0.3) is 0 Å². The van der Waals surface area contributed by atoms with Crippen LogP contribution in [-0.2, 0) is 19.1 Å². The van der Waals surface area contributed by atoms with Gasteiger partial charge in [-0.2, -0.15) is 13.2 Å². The largest absolute Gasteiger partial charge is 0.420 e. The summed E-state index contributed by atoms with van der Waals surface area (Å²) in [7, 11) is 0. The van der Waals surface area contributed by atoms with Crippen LogP contribution in [0.3, 0.4) is 0 Å². The van der Waals surface area contributed by atoms with Gasteiger partial charge in [0.1, 0.15) is 23.0 Å². The Labute approximate surface area is 183 Å². The zero-order chi connectivity index (χ0) is 22.9. The molecule has 1 saturated heterocycles. The molecule has 0 spiro atoms. The zero-order valence-corrected chi connectivity index (χ0v) is 17.8. The third-order valence-electron chi connectivity index (χ3n) is 6.16. The third-order valence-corrected chi connectivity index (χ3v) is 6.16. The topological polar surface area (TPSA) is 33.4 Å². The smallest absolute Gasteiger partial charge is 0.299 e. The summed E-state index contributed by atoms with van der Waals surface area (Å²) in [5.41, 5.74) is -0.288. The molecular formula is C23H25F5N4. The van der Waals surface area contributed by atoms with Crippen LogP contribution in [0.4, 0.5) is 22.0 Å². The second-order valence-corrected chi connectivity index (χ2v) is 8.34. The average Bonchev–Trinajstić information content (AvgIpc) is 3.14. The minimum atomic E-state index is -4.55. The molecule has 9 heteroatoms. The molecule has 0 atom stereocenters. The SMILES string of the molecule is CCCCc1nnc2c(C(F)(F)F)c(CN3CCC(c4ccc(F)cc4F)CC3)ccn12. The minimum absolute atomic E-state index is 0.0750. The number of alkyl halides is 3. The molecule has 1 fully saturated rings. The Morgan fingerprint density at radius 3 is 2.47 bits per heavy atom. The fourth-order valence-electron chi connectivity index (χ4n) is 4.46. The van der Waals surface area contributed by atoms with Crippen molar-refractivity contribution in [2.45, 2.75) is 57.7 Å². The van der Waals surface area contributed by atoms with Crippen LogP contribution >= 0.6 is 0 Å². The zero-order valence-electron chi connectivity index (χ0n) is 17.8. The Hall–Kier alpha value is -2.55. The van der Waals surface area contributed by atoms with E-state index in [0.717, 1.165) is 18.9 Å². The fourth-order valence-corrected chi connectivity index (χ4v) is 4.46. The molecule has 0 radical (unpaired) electrons. The summed E-state index contributed by atoms with van der Waals surface area (Å²) in [4.78, 5) is 1.94. The highest BCUT2D eigenvalue weighted by Crippen LogP contribution is 2.37. The monoisotopic (exact) mass is 452 g/mol. The molecule has 0 bridgehead atoms. The normalized spacial score (nSPS) is 16.2. The third kappa shape index (κ3) is 4.62. The van der Waals surface area contributed by atoms with Crippen molar-refractivity contribution in [2.24, 2.45) is 0 Å². The summed E-state index contributed by atoms with van der Waals surface area (Å²) < 4.78 is 70.7. The number of nitrogens with zero attached hydrogens (tertiary/aromatic N) is 4. The van der Waals surface area contributed by atoms with Crippen LogP contribution in [0.2, 0.25) is 0 Å². The number of rotatable bonds is 6. The maximum absolute atomic E-state index is 14.1. The Morgan fingerprint density at radius 1 is 1.06 bits per heavy atom. The quantitative estimate of drug-likeness (QED) is 0.447. The van der Waals surface area contributed by atoms with Gasteiger partial charge in [0.2, 0.25) is 0 Å². The highest BCUT2D eigenvalue weighted by Gasteiger charge is 2.38. The van der Waals surface area contributed by atoms with Crippen LogP contribution in [0.25, 0.3) is 5.65 Å². The number of aromatic nitrogens is 3. The van der Waals surface area contributed by atoms with Crippen molar-refractivity contribution in [3.8, 4) is 0 Å². The average molecular weight is 452 g/mol. The first-order valence-electron chi connectivity index (χ1n) is 10.9. The summed E-state index contributed by atoms with van der Waals surface area (Å²) in [6.07, 6.45) is 0.566. The number of aryl methyl sites for hydroxylation is 1. The minimum Gasteiger partial charge on any atom is -0.299 e. The van der Waals surface area contributed by atoms with E-state index < -0.39 is 23.4 Å². The number of halogens is 5. The molecule has 1 aliphatic heterocycles. The number of pyridine rings is 1. The van der Waals surface area contributed by atoms with Crippen molar-refractivity contribution in [2.75, 3.05) is 13.1 Å². The second kappa shape index (κ2) is 9.13. The Morgan fingerprint density at radius 2 is 1.81 bits per heavy atom. The van der Waals surface area contributed by atoms with Crippen molar-refractivity contribution in [3.63, 3.8) is 0 Å². The molecule has 4 rings (SSSR count). The van der Waals surface area contributed by atoms with E-state index >= 15 is 0 Å². The van der Waals surface area contributed by atoms with Crippen molar-refractivity contribution in [1.29, 1.82) is 0 Å². The molecule has 4 nitrogen and oxygen atoms in total. The molecule has 0 amide bonds. The summed E-state index contributed by atoms with van der Waals surface area (Å²) in [6, 6.07) is 5.07. The highest BCUT2D eigenvalue weighted by molar-refractivity contribution is 5.53. The first-order valence-corrected chi connectivity index (χ1v) is 10.9. The number of fused-ring (bicyclic) bond motifs is 1. The lowest BCUT2D eigenvalue weighted by atomic mass is 9.89. The summed E-state index contributed by atoms with van der Waals surface area (Å²) in [5, 5.41) is 7.85. The van der Waals surface area contributed by atoms with Gasteiger partial charge in [0.05, 0.1) is 0 Å². The van der Waals surface area contributed by atoms with E-state index in [-0.39, 0.29) is 23.7 Å². The van der Waals surface area contributed by atoms with Crippen LogP contribution in [0, 0.1) is 11.6 Å². The van der Waals surface area contributed by atoms with Crippen molar-refractivity contribution in [1.82, 2.24) is 19.5 Å². The first-order chi connectivity index (χ1) is 15.3. The van der Waals surface area contributed by atoms with Crippen LogP contribution < -0.4 is 0 Å². The molecule has 3 heterocycles. The van der Waals surface area contributed by atoms with Gasteiger partial charge in [-0.25, -0.2) is 8.78 Å². The van der Waals surface area contributed by atoms with Crippen molar-refractivity contribution >= 4 is 5.65 Å². The molecular weight excluding hydrogens is 427 g/mol. The van der Waals surface area contributed by atoms with Crippen LogP contribution in [0.1, 0.15) is 61.0 Å². The van der Waals surface area contributed by atoms with Crippen LogP contribution in [0.15, 0.2) is 30.5 Å². The molecule has 172 valence electrons. The summed E-state index contributed by atoms with van der Waals surface area (Å²) >= 11 is 0. The summed E-state index contributed by atoms with van der Waals surface area (Å²) in [6.45, 7) is 3.19. The Kier molecular flexibility index (Phi) is 6.46. The predicted molar refractivity (Wildman–Crippen MR) is 110 cm³/mol. The number of piperidine rings is 1. The lowest BCUT2D eigenvalue weighted by Crippen LogP contribution is -2.33. The fraction of sp³-hybridized carbons (Fsp3) is 0.478. The first kappa shape index (κ1) is 22.6. The summed E-state index contributed by atoms with van der Waals surface area (Å²) in [5.74, 6) is -0.737. The number of unbranched alkanes of at least 4 members (excludes halogenated alkanes) is 1. The molecule has 1 aromatic carbocycles. The number of hydrogen-bond acceptors (Lipinski definition) is 3. The maximum Gasteiger partial charge on any atom is 0.420 e. The molecule has 0 aliphatic carbocycles. The van der Waals surface area contributed by atoms with Gasteiger partial charge >= 0.3 is 6.18 Å². The highest BCUT2D eigenvalue weighted by atomic mass is 19.4. The van der Waals surface area contributed by atoms with E-state index in [4.69, 9.17) is 0 Å². The van der Waals surface area contributed by atoms with Crippen molar-refractivity contribution < 1.29 is 22.0 Å². The van der Waals surface area contributed by atoms with Crippen LogP contribution in [-0.4, -0.2) is 32.6 Å². The number of likely N-dealkylation sites (tertiary alicyclic amines) is 1. The van der Waals surface area contributed by atoms with E-state index in [1.807, 2.05) is 11.8 Å². The van der Waals surface area contributed by atoms with Gasteiger partial charge < -0.3 is 0 Å². The van der Waals surface area contributed by atoms with E-state index in [1.54, 1.807) is 6.20 Å². The number of hydrogen-bond donors (Lipinski definition) is 0. The molecule has 3 aromatic rings. The lowest BCUT2D eigenvalue weighted by Gasteiger charge is -2.33. The predicted octanol–water partition coefficient (Wildman–Crippen LogP) is 5.75. The second-order valence-electron chi connectivity index (χ2n) is 8.34. The van der Waals surface area contributed by atoms with E-state index in [2.05, 4.69) is 10.2 Å². The van der Waals surface area contributed by atoms with E-state index in [0.29, 0.717) is 43.7 Å². The lowest BCUT2D eigenvalue weighted by molar-refractivity contribution is -0.137. The van der Waals surface area contributed by atoms with Crippen LogP contribution in [0.5, 0.6) is 0 Å². The van der Waals surface area contributed by atoms with Gasteiger partial charge in [-0.05, 0) is 61.5 Å². The molecule has 0 saturated carbocycles. The van der Waals surface area contributed by atoms with E-state index in [1.165, 1.54) is 22.6 Å². The van der Waals surface area contributed by atoms with Gasteiger partial charge in [0.15, 0.2) is 5.65 Å². The Balaban J connectivity index is 1.53. The molecule has 0 unspecified atom stereocenters. The standard InChI is InChI=1S/C23H25F5N4/c1-2-3-4-20-29-30-22-21(23(26,27)28)16(9-12-32(20)22)14-31-10-7-15(8-11-31)18-6-5-17(24)13-19(18)25/h5-6,9,12-13,15H,2-4,7-8,10-11,14H2,1H3. The van der Waals surface area contributed by atoms with Crippen molar-refractivity contribution in [3.05, 3.63) is 64.6 Å². The molecule has 0 N–H and O–H groups in total. The van der Waals surface area contributed by atoms with Gasteiger partial charge in [-0.15, -0.1) is 10.2 Å². The van der Waals surface area contributed by atoms with E-state index in [9.17, 15) is 22.0 Å². The molecule has 2 aromatic heterocycles. The van der Waals surface area contributed by atoms with Gasteiger partial charge in [0, 0.05) is 25.2 Å². The maximum atomic E-state index is 14.1. The molecule has 1 aliphatic rings.